The molecule has 0 bridgehead atoms. The van der Waals surface area contributed by atoms with Gasteiger partial charge in [-0.3, -0.25) is 9.59 Å². The van der Waals surface area contributed by atoms with E-state index in [1.165, 1.54) is 12.5 Å². The Balaban J connectivity index is 1.36. The first-order chi connectivity index (χ1) is 14.6. The minimum absolute atomic E-state index is 0.200. The molecule has 9 heteroatoms. The van der Waals surface area contributed by atoms with Gasteiger partial charge in [0.15, 0.2) is 5.76 Å². The van der Waals surface area contributed by atoms with Gasteiger partial charge in [0.25, 0.3) is 11.8 Å². The van der Waals surface area contributed by atoms with E-state index >= 15 is 0 Å². The third kappa shape index (κ3) is 4.94. The van der Waals surface area contributed by atoms with Crippen molar-refractivity contribution in [2.45, 2.75) is 0 Å². The number of nitrogens with zero attached hydrogens (tertiary/aromatic N) is 1. The molecule has 4 rings (SSSR count). The molecule has 30 heavy (non-hydrogen) atoms. The lowest BCUT2D eigenvalue weighted by atomic mass is 10.3. The van der Waals surface area contributed by atoms with Crippen LogP contribution in [0.1, 0.15) is 20.2 Å². The number of rotatable bonds is 6. The van der Waals surface area contributed by atoms with Crippen LogP contribution in [0.2, 0.25) is 0 Å². The van der Waals surface area contributed by atoms with Crippen LogP contribution in [-0.2, 0) is 0 Å². The van der Waals surface area contributed by atoms with Crippen molar-refractivity contribution >= 4 is 49.8 Å². The number of thiophene rings is 1. The molecule has 7 nitrogen and oxygen atoms in total. The highest BCUT2D eigenvalue weighted by Crippen LogP contribution is 2.25. The SMILES string of the molecule is O=C(Nc1ccc(C(=O)Nc2ccc(Oc3cccc(Br)c3)nc2)s1)c1ccco1. The van der Waals surface area contributed by atoms with Gasteiger partial charge in [-0.25, -0.2) is 4.98 Å². The first kappa shape index (κ1) is 19.9. The van der Waals surface area contributed by atoms with E-state index in [9.17, 15) is 9.59 Å². The van der Waals surface area contributed by atoms with Crippen LogP contribution in [-0.4, -0.2) is 16.8 Å². The molecule has 0 spiro atoms. The van der Waals surface area contributed by atoms with E-state index in [0.717, 1.165) is 15.8 Å². The summed E-state index contributed by atoms with van der Waals surface area (Å²) in [6.45, 7) is 0. The molecule has 150 valence electrons. The molecule has 0 aliphatic heterocycles. The number of nitrogens with one attached hydrogen (secondary N) is 2. The van der Waals surface area contributed by atoms with Crippen molar-refractivity contribution in [1.82, 2.24) is 4.98 Å². The number of hydrogen-bond acceptors (Lipinski definition) is 6. The van der Waals surface area contributed by atoms with Crippen molar-refractivity contribution < 1.29 is 18.7 Å². The lowest BCUT2D eigenvalue weighted by molar-refractivity contribution is 0.0995. The molecule has 0 unspecified atom stereocenters. The number of hydrogen-bond donors (Lipinski definition) is 2. The summed E-state index contributed by atoms with van der Waals surface area (Å²) in [5.41, 5.74) is 0.524. The van der Waals surface area contributed by atoms with Crippen LogP contribution >= 0.6 is 27.3 Å². The molecule has 1 aromatic carbocycles. The van der Waals surface area contributed by atoms with Gasteiger partial charge in [0.1, 0.15) is 5.75 Å². The van der Waals surface area contributed by atoms with E-state index in [1.54, 1.807) is 36.4 Å². The third-order valence-electron chi connectivity index (χ3n) is 3.82. The fourth-order valence-corrected chi connectivity index (χ4v) is 3.64. The number of anilines is 2. The molecule has 0 aliphatic rings. The summed E-state index contributed by atoms with van der Waals surface area (Å²) in [6.07, 6.45) is 2.93. The number of benzene rings is 1. The van der Waals surface area contributed by atoms with Crippen LogP contribution in [0.4, 0.5) is 10.7 Å². The molecule has 4 aromatic rings. The van der Waals surface area contributed by atoms with Crippen molar-refractivity contribution in [3.05, 3.63) is 88.2 Å². The van der Waals surface area contributed by atoms with Crippen LogP contribution in [0.25, 0.3) is 0 Å². The third-order valence-corrected chi connectivity index (χ3v) is 5.32. The summed E-state index contributed by atoms with van der Waals surface area (Å²) >= 11 is 4.54. The number of furan rings is 1. The highest BCUT2D eigenvalue weighted by atomic mass is 79.9. The zero-order valence-electron chi connectivity index (χ0n) is 15.3. The molecule has 0 radical (unpaired) electrons. The number of aromatic nitrogens is 1. The van der Waals surface area contributed by atoms with Gasteiger partial charge in [0.2, 0.25) is 5.88 Å². The first-order valence-corrected chi connectivity index (χ1v) is 10.3. The molecular formula is C21H14BrN3O4S. The first-order valence-electron chi connectivity index (χ1n) is 8.72. The van der Waals surface area contributed by atoms with E-state index < -0.39 is 0 Å². The molecule has 0 saturated carbocycles. The van der Waals surface area contributed by atoms with Crippen LogP contribution in [0.5, 0.6) is 11.6 Å². The van der Waals surface area contributed by atoms with E-state index in [-0.39, 0.29) is 17.6 Å². The van der Waals surface area contributed by atoms with Crippen molar-refractivity contribution in [1.29, 1.82) is 0 Å². The van der Waals surface area contributed by atoms with Gasteiger partial charge < -0.3 is 19.8 Å². The number of halogens is 1. The van der Waals surface area contributed by atoms with E-state index in [2.05, 4.69) is 31.5 Å². The Hall–Kier alpha value is -3.43. The van der Waals surface area contributed by atoms with Crippen molar-refractivity contribution in [2.75, 3.05) is 10.6 Å². The molecule has 0 saturated heterocycles. The Kier molecular flexibility index (Phi) is 5.92. The van der Waals surface area contributed by atoms with Crippen molar-refractivity contribution in [3.8, 4) is 11.6 Å². The summed E-state index contributed by atoms with van der Waals surface area (Å²) in [6, 6.07) is 17.3. The Bertz CT molecular complexity index is 1170. The summed E-state index contributed by atoms with van der Waals surface area (Å²) in [5.74, 6) is 0.576. The molecule has 2 amide bonds. The fourth-order valence-electron chi connectivity index (χ4n) is 2.47. The predicted octanol–water partition coefficient (Wildman–Crippen LogP) is 5.80. The summed E-state index contributed by atoms with van der Waals surface area (Å²) in [5, 5.41) is 6.00. The van der Waals surface area contributed by atoms with E-state index in [4.69, 9.17) is 9.15 Å². The second-order valence-corrected chi connectivity index (χ2v) is 7.99. The standard InChI is InChI=1S/C21H14BrN3O4S/c22-13-3-1-4-15(11-13)29-18-8-6-14(12-23-18)24-21(27)17-7-9-19(30-17)25-20(26)16-5-2-10-28-16/h1-12H,(H,24,27)(H,25,26). The van der Waals surface area contributed by atoms with Gasteiger partial charge in [0, 0.05) is 10.5 Å². The maximum atomic E-state index is 12.5. The molecule has 3 heterocycles. The number of pyridine rings is 1. The summed E-state index contributed by atoms with van der Waals surface area (Å²) in [4.78, 5) is 29.1. The minimum atomic E-state index is -0.376. The van der Waals surface area contributed by atoms with E-state index in [0.29, 0.717) is 27.2 Å². The van der Waals surface area contributed by atoms with Crippen LogP contribution in [0, 0.1) is 0 Å². The van der Waals surface area contributed by atoms with Gasteiger partial charge in [-0.15, -0.1) is 11.3 Å². The van der Waals surface area contributed by atoms with Crippen LogP contribution in [0.3, 0.4) is 0 Å². The van der Waals surface area contributed by atoms with Crippen molar-refractivity contribution in [2.24, 2.45) is 0 Å². The largest absolute Gasteiger partial charge is 0.459 e. The maximum Gasteiger partial charge on any atom is 0.291 e. The highest BCUT2D eigenvalue weighted by molar-refractivity contribution is 9.10. The van der Waals surface area contributed by atoms with Gasteiger partial charge in [0.05, 0.1) is 28.0 Å². The molecule has 0 fully saturated rings. The smallest absolute Gasteiger partial charge is 0.291 e. The zero-order chi connectivity index (χ0) is 20.9. The Morgan fingerprint density at radius 2 is 1.90 bits per heavy atom. The van der Waals surface area contributed by atoms with Gasteiger partial charge >= 0.3 is 0 Å². The minimum Gasteiger partial charge on any atom is -0.459 e. The second kappa shape index (κ2) is 8.93. The maximum absolute atomic E-state index is 12.5. The molecular weight excluding hydrogens is 470 g/mol. The average Bonchev–Trinajstić information content (AvgIpc) is 3.42. The zero-order valence-corrected chi connectivity index (χ0v) is 17.7. The molecule has 2 N–H and O–H groups in total. The summed E-state index contributed by atoms with van der Waals surface area (Å²) < 4.78 is 11.6. The second-order valence-electron chi connectivity index (χ2n) is 5.99. The predicted molar refractivity (Wildman–Crippen MR) is 117 cm³/mol. The van der Waals surface area contributed by atoms with Gasteiger partial charge in [-0.05, 0) is 48.5 Å². The molecule has 0 aliphatic carbocycles. The molecule has 0 atom stereocenters. The van der Waals surface area contributed by atoms with Crippen LogP contribution in [0.15, 0.2) is 82.0 Å². The average molecular weight is 484 g/mol. The lowest BCUT2D eigenvalue weighted by Gasteiger charge is -2.07. The fraction of sp³-hybridized carbons (Fsp3) is 0. The normalized spacial score (nSPS) is 10.4. The van der Waals surface area contributed by atoms with Gasteiger partial charge in [-0.2, -0.15) is 0 Å². The van der Waals surface area contributed by atoms with E-state index in [1.807, 2.05) is 24.3 Å². The molecule has 3 aromatic heterocycles. The number of carbonyl (C=O) groups excluding carboxylic acids is 2. The Labute approximate surface area is 183 Å². The quantitative estimate of drug-likeness (QED) is 0.361. The Morgan fingerprint density at radius 1 is 1.00 bits per heavy atom. The summed E-state index contributed by atoms with van der Waals surface area (Å²) in [7, 11) is 0. The monoisotopic (exact) mass is 483 g/mol. The number of amides is 2. The van der Waals surface area contributed by atoms with Gasteiger partial charge in [-0.1, -0.05) is 22.0 Å². The Morgan fingerprint density at radius 3 is 2.63 bits per heavy atom. The highest BCUT2D eigenvalue weighted by Gasteiger charge is 2.14. The lowest BCUT2D eigenvalue weighted by Crippen LogP contribution is -2.10. The van der Waals surface area contributed by atoms with Crippen molar-refractivity contribution in [3.63, 3.8) is 0 Å². The topological polar surface area (TPSA) is 93.5 Å². The van der Waals surface area contributed by atoms with Crippen LogP contribution < -0.4 is 15.4 Å². The number of ether oxygens (including phenoxy) is 1. The number of carbonyl (C=O) groups is 2.